The standard InChI is InChI=1S/C15H11N3O2S2/c19-13(18-15-16-7-9-22-15)10-4-1-2-5-11(10)17-14(20)12-6-3-8-21-12/h1-9H,(H,17,20)(H,16,18,19). The number of anilines is 2. The predicted molar refractivity (Wildman–Crippen MR) is 88.8 cm³/mol. The second kappa shape index (κ2) is 6.50. The fourth-order valence-corrected chi connectivity index (χ4v) is 2.97. The van der Waals surface area contributed by atoms with E-state index in [2.05, 4.69) is 15.6 Å². The lowest BCUT2D eigenvalue weighted by atomic mass is 10.1. The van der Waals surface area contributed by atoms with Gasteiger partial charge in [-0.05, 0) is 23.6 Å². The summed E-state index contributed by atoms with van der Waals surface area (Å²) in [6.45, 7) is 0. The zero-order chi connectivity index (χ0) is 15.4. The lowest BCUT2D eigenvalue weighted by Crippen LogP contribution is -2.17. The summed E-state index contributed by atoms with van der Waals surface area (Å²) in [6.07, 6.45) is 1.62. The average molecular weight is 329 g/mol. The lowest BCUT2D eigenvalue weighted by molar-refractivity contribution is 0.102. The molecule has 0 bridgehead atoms. The van der Waals surface area contributed by atoms with Crippen molar-refractivity contribution < 1.29 is 9.59 Å². The van der Waals surface area contributed by atoms with Crippen LogP contribution in [0.3, 0.4) is 0 Å². The maximum Gasteiger partial charge on any atom is 0.265 e. The number of hydrogen-bond acceptors (Lipinski definition) is 5. The highest BCUT2D eigenvalue weighted by Gasteiger charge is 2.15. The van der Waals surface area contributed by atoms with Crippen LogP contribution in [0, 0.1) is 0 Å². The van der Waals surface area contributed by atoms with Gasteiger partial charge in [-0.1, -0.05) is 18.2 Å². The highest BCUT2D eigenvalue weighted by Crippen LogP contribution is 2.20. The van der Waals surface area contributed by atoms with Crippen LogP contribution in [0.25, 0.3) is 0 Å². The van der Waals surface area contributed by atoms with Gasteiger partial charge in [0.2, 0.25) is 0 Å². The van der Waals surface area contributed by atoms with Crippen molar-refractivity contribution in [1.29, 1.82) is 0 Å². The molecule has 0 saturated heterocycles. The third-order valence-electron chi connectivity index (χ3n) is 2.82. The first-order chi connectivity index (χ1) is 10.7. The Kier molecular flexibility index (Phi) is 4.27. The number of benzene rings is 1. The highest BCUT2D eigenvalue weighted by molar-refractivity contribution is 7.13. The van der Waals surface area contributed by atoms with Gasteiger partial charge in [0.05, 0.1) is 16.1 Å². The van der Waals surface area contributed by atoms with Crippen LogP contribution in [-0.4, -0.2) is 16.8 Å². The zero-order valence-electron chi connectivity index (χ0n) is 11.3. The summed E-state index contributed by atoms with van der Waals surface area (Å²) in [7, 11) is 0. The number of amides is 2. The van der Waals surface area contributed by atoms with E-state index >= 15 is 0 Å². The molecule has 0 radical (unpaired) electrons. The number of nitrogens with zero attached hydrogens (tertiary/aromatic N) is 1. The van der Waals surface area contributed by atoms with Gasteiger partial charge in [-0.25, -0.2) is 4.98 Å². The van der Waals surface area contributed by atoms with Crippen molar-refractivity contribution in [3.05, 3.63) is 63.8 Å². The maximum atomic E-state index is 12.3. The van der Waals surface area contributed by atoms with Crippen LogP contribution >= 0.6 is 22.7 Å². The Morgan fingerprint density at radius 1 is 0.909 bits per heavy atom. The van der Waals surface area contributed by atoms with Crippen LogP contribution < -0.4 is 10.6 Å². The van der Waals surface area contributed by atoms with Gasteiger partial charge < -0.3 is 5.32 Å². The van der Waals surface area contributed by atoms with E-state index in [4.69, 9.17) is 0 Å². The molecule has 1 aromatic carbocycles. The van der Waals surface area contributed by atoms with E-state index in [1.54, 1.807) is 48.0 Å². The van der Waals surface area contributed by atoms with Crippen molar-refractivity contribution in [2.24, 2.45) is 0 Å². The molecule has 2 N–H and O–H groups in total. The second-order valence-electron chi connectivity index (χ2n) is 4.27. The first-order valence-electron chi connectivity index (χ1n) is 6.39. The molecule has 2 aromatic heterocycles. The number of hydrogen-bond donors (Lipinski definition) is 2. The molecule has 7 heteroatoms. The summed E-state index contributed by atoms with van der Waals surface area (Å²) < 4.78 is 0. The maximum absolute atomic E-state index is 12.3. The summed E-state index contributed by atoms with van der Waals surface area (Å²) in [6, 6.07) is 10.4. The molecule has 3 aromatic rings. The number of aromatic nitrogens is 1. The van der Waals surface area contributed by atoms with Crippen LogP contribution in [0.5, 0.6) is 0 Å². The van der Waals surface area contributed by atoms with Crippen molar-refractivity contribution in [2.45, 2.75) is 0 Å². The quantitative estimate of drug-likeness (QED) is 0.766. The number of carbonyl (C=O) groups is 2. The summed E-state index contributed by atoms with van der Waals surface area (Å²) >= 11 is 2.68. The topological polar surface area (TPSA) is 71.1 Å². The summed E-state index contributed by atoms with van der Waals surface area (Å²) in [5, 5.41) is 9.60. The number of thiazole rings is 1. The SMILES string of the molecule is O=C(Nc1ccccc1C(=O)Nc1nccs1)c1cccs1. The Bertz CT molecular complexity index is 783. The van der Waals surface area contributed by atoms with Gasteiger partial charge in [0.15, 0.2) is 5.13 Å². The van der Waals surface area contributed by atoms with Crippen molar-refractivity contribution in [3.8, 4) is 0 Å². The van der Waals surface area contributed by atoms with E-state index in [1.807, 2.05) is 5.38 Å². The second-order valence-corrected chi connectivity index (χ2v) is 6.11. The van der Waals surface area contributed by atoms with Crippen LogP contribution in [0.2, 0.25) is 0 Å². The van der Waals surface area contributed by atoms with Crippen molar-refractivity contribution >= 4 is 45.3 Å². The van der Waals surface area contributed by atoms with Crippen LogP contribution in [0.1, 0.15) is 20.0 Å². The molecular formula is C15H11N3O2S2. The minimum absolute atomic E-state index is 0.232. The van der Waals surface area contributed by atoms with Crippen LogP contribution in [-0.2, 0) is 0 Å². The molecule has 110 valence electrons. The molecule has 0 atom stereocenters. The van der Waals surface area contributed by atoms with E-state index in [0.717, 1.165) is 0 Å². The van der Waals surface area contributed by atoms with Gasteiger partial charge in [0.25, 0.3) is 11.8 Å². The van der Waals surface area contributed by atoms with Crippen LogP contribution in [0.15, 0.2) is 53.4 Å². The van der Waals surface area contributed by atoms with Gasteiger partial charge in [-0.15, -0.1) is 22.7 Å². The molecule has 0 fully saturated rings. The smallest absolute Gasteiger partial charge is 0.265 e. The summed E-state index contributed by atoms with van der Waals surface area (Å²) in [5.74, 6) is -0.540. The lowest BCUT2D eigenvalue weighted by Gasteiger charge is -2.09. The number of carbonyl (C=O) groups excluding carboxylic acids is 2. The predicted octanol–water partition coefficient (Wildman–Crippen LogP) is 3.71. The number of para-hydroxylation sites is 1. The first-order valence-corrected chi connectivity index (χ1v) is 8.15. The summed E-state index contributed by atoms with van der Waals surface area (Å²) in [5.41, 5.74) is 0.859. The minimum atomic E-state index is -0.308. The van der Waals surface area contributed by atoms with Crippen LogP contribution in [0.4, 0.5) is 10.8 Å². The molecule has 2 heterocycles. The van der Waals surface area contributed by atoms with Gasteiger partial charge >= 0.3 is 0 Å². The molecule has 0 aliphatic rings. The third kappa shape index (κ3) is 3.21. The van der Waals surface area contributed by atoms with Crippen molar-refractivity contribution in [2.75, 3.05) is 10.6 Å². The summed E-state index contributed by atoms with van der Waals surface area (Å²) in [4.78, 5) is 29.0. The molecule has 5 nitrogen and oxygen atoms in total. The Balaban J connectivity index is 1.80. The monoisotopic (exact) mass is 329 g/mol. The number of nitrogens with one attached hydrogen (secondary N) is 2. The van der Waals surface area contributed by atoms with Gasteiger partial charge in [-0.3, -0.25) is 14.9 Å². The van der Waals surface area contributed by atoms with Gasteiger partial charge in [0, 0.05) is 11.6 Å². The van der Waals surface area contributed by atoms with E-state index in [-0.39, 0.29) is 11.8 Å². The van der Waals surface area contributed by atoms with E-state index in [0.29, 0.717) is 21.3 Å². The Morgan fingerprint density at radius 3 is 2.50 bits per heavy atom. The van der Waals surface area contributed by atoms with Gasteiger partial charge in [0.1, 0.15) is 0 Å². The number of rotatable bonds is 4. The van der Waals surface area contributed by atoms with E-state index in [1.165, 1.54) is 22.7 Å². The van der Waals surface area contributed by atoms with E-state index in [9.17, 15) is 9.59 Å². The molecule has 22 heavy (non-hydrogen) atoms. The zero-order valence-corrected chi connectivity index (χ0v) is 12.9. The Labute approximate surface area is 134 Å². The normalized spacial score (nSPS) is 10.2. The minimum Gasteiger partial charge on any atom is -0.321 e. The number of thiophene rings is 1. The molecule has 2 amide bonds. The molecule has 0 saturated carbocycles. The Hall–Kier alpha value is -2.51. The molecule has 3 rings (SSSR count). The Morgan fingerprint density at radius 2 is 1.77 bits per heavy atom. The highest BCUT2D eigenvalue weighted by atomic mass is 32.1. The average Bonchev–Trinajstić information content (AvgIpc) is 3.21. The van der Waals surface area contributed by atoms with Gasteiger partial charge in [-0.2, -0.15) is 0 Å². The molecule has 0 spiro atoms. The van der Waals surface area contributed by atoms with E-state index < -0.39 is 0 Å². The molecule has 0 aliphatic heterocycles. The third-order valence-corrected chi connectivity index (χ3v) is 4.37. The van der Waals surface area contributed by atoms with Crippen molar-refractivity contribution in [1.82, 2.24) is 4.98 Å². The first kappa shape index (κ1) is 14.4. The fraction of sp³-hybridized carbons (Fsp3) is 0. The fourth-order valence-electron chi connectivity index (χ4n) is 1.83. The molecule has 0 unspecified atom stereocenters. The molecular weight excluding hydrogens is 318 g/mol. The van der Waals surface area contributed by atoms with Crippen molar-refractivity contribution in [3.63, 3.8) is 0 Å². The molecule has 0 aliphatic carbocycles. The largest absolute Gasteiger partial charge is 0.321 e.